The van der Waals surface area contributed by atoms with Gasteiger partial charge < -0.3 is 14.6 Å². The minimum absolute atomic E-state index is 0. The van der Waals surface area contributed by atoms with Gasteiger partial charge in [-0.3, -0.25) is 0 Å². The van der Waals surface area contributed by atoms with Crippen LogP contribution in [0, 0.1) is 12.5 Å². The van der Waals surface area contributed by atoms with E-state index >= 15 is 0 Å². The number of hydrogen-bond acceptors (Lipinski definition) is 3. The van der Waals surface area contributed by atoms with Crippen molar-refractivity contribution in [3.63, 3.8) is 0 Å². The van der Waals surface area contributed by atoms with Crippen LogP contribution in [0.15, 0.2) is 11.5 Å². The van der Waals surface area contributed by atoms with Gasteiger partial charge in [-0.2, -0.15) is 12.0 Å². The van der Waals surface area contributed by atoms with Crippen molar-refractivity contribution < 1.29 is 67.5 Å². The summed E-state index contributed by atoms with van der Waals surface area (Å²) in [5.41, 5.74) is 0.740. The summed E-state index contributed by atoms with van der Waals surface area (Å²) in [6.07, 6.45) is 2.08. The minimum Gasteiger partial charge on any atom is -0.414 e. The minimum atomic E-state index is -0.247. The maximum absolute atomic E-state index is 6.04. The molecule has 0 aromatic carbocycles. The van der Waals surface area contributed by atoms with E-state index in [0.29, 0.717) is 5.92 Å². The standard InChI is InChI=1S/C12H21BNO2.Rb/c1-9-8-14-7-6-10(9)13-15-11(2,3)12(4,5)16-13;/h6-7,9,14H,8H2,1-5H3;/q-1;+1. The van der Waals surface area contributed by atoms with E-state index < -0.39 is 0 Å². The Bertz CT molecular complexity index is 302. The van der Waals surface area contributed by atoms with E-state index in [1.165, 1.54) is 5.47 Å². The first kappa shape index (κ1) is 16.4. The Kier molecular flexibility index (Phi) is 5.58. The predicted octanol–water partition coefficient (Wildman–Crippen LogP) is -1.05. The Morgan fingerprint density at radius 1 is 1.29 bits per heavy atom. The molecule has 0 amide bonds. The first-order valence-electron chi connectivity index (χ1n) is 5.96. The van der Waals surface area contributed by atoms with Gasteiger partial charge in [0.25, 0.3) is 0 Å². The molecule has 3 nitrogen and oxygen atoms in total. The second-order valence-corrected chi connectivity index (χ2v) is 5.73. The van der Waals surface area contributed by atoms with Gasteiger partial charge in [-0.05, 0) is 34.2 Å². The Balaban J connectivity index is 0.00000144. The van der Waals surface area contributed by atoms with Crippen molar-refractivity contribution >= 4 is 7.12 Å². The van der Waals surface area contributed by atoms with Gasteiger partial charge in [0.1, 0.15) is 0 Å². The van der Waals surface area contributed by atoms with Crippen molar-refractivity contribution in [3.8, 4) is 0 Å². The molecular weight excluding hydrogens is 286 g/mol. The van der Waals surface area contributed by atoms with E-state index in [1.807, 2.05) is 6.54 Å². The molecule has 0 bridgehead atoms. The van der Waals surface area contributed by atoms with Crippen LogP contribution in [0.3, 0.4) is 0 Å². The molecule has 0 spiro atoms. The van der Waals surface area contributed by atoms with Crippen molar-refractivity contribution in [3.05, 3.63) is 18.1 Å². The van der Waals surface area contributed by atoms with Crippen molar-refractivity contribution in [2.45, 2.75) is 45.8 Å². The van der Waals surface area contributed by atoms with Crippen LogP contribution >= 0.6 is 0 Å². The second kappa shape index (κ2) is 5.78. The molecule has 1 unspecified atom stereocenters. The summed E-state index contributed by atoms with van der Waals surface area (Å²) in [6.45, 7) is 13.5. The van der Waals surface area contributed by atoms with Crippen molar-refractivity contribution in [2.75, 3.05) is 6.54 Å². The molecular formula is C12H21BNO2Rb. The summed E-state index contributed by atoms with van der Waals surface area (Å²) in [4.78, 5) is 0. The summed E-state index contributed by atoms with van der Waals surface area (Å²) < 4.78 is 12.1. The molecule has 0 saturated carbocycles. The third kappa shape index (κ3) is 3.28. The summed E-state index contributed by atoms with van der Waals surface area (Å²) in [5, 5.41) is 3.22. The van der Waals surface area contributed by atoms with Crippen molar-refractivity contribution in [1.82, 2.24) is 5.32 Å². The van der Waals surface area contributed by atoms with Crippen molar-refractivity contribution in [1.29, 1.82) is 0 Å². The Labute approximate surface area is 154 Å². The molecule has 0 aromatic rings. The van der Waals surface area contributed by atoms with E-state index in [-0.39, 0.29) is 76.5 Å². The average molecular weight is 308 g/mol. The molecule has 2 aliphatic heterocycles. The zero-order valence-electron chi connectivity index (χ0n) is 11.8. The van der Waals surface area contributed by atoms with Crippen molar-refractivity contribution in [2.24, 2.45) is 5.92 Å². The molecule has 2 rings (SSSR count). The fourth-order valence-corrected chi connectivity index (χ4v) is 1.97. The molecule has 2 aliphatic rings. The topological polar surface area (TPSA) is 30.5 Å². The molecule has 0 aromatic heterocycles. The normalized spacial score (nSPS) is 30.3. The zero-order valence-corrected chi connectivity index (χ0v) is 16.7. The van der Waals surface area contributed by atoms with E-state index in [9.17, 15) is 0 Å². The van der Waals surface area contributed by atoms with Crippen LogP contribution in [0.4, 0.5) is 0 Å². The largest absolute Gasteiger partial charge is 1.00 e. The summed E-state index contributed by atoms with van der Waals surface area (Å²) in [5.74, 6) is 0.458. The second-order valence-electron chi connectivity index (χ2n) is 5.73. The van der Waals surface area contributed by atoms with Crippen LogP contribution in [0.2, 0.25) is 0 Å². The number of nitrogens with one attached hydrogen (secondary N) is 1. The fraction of sp³-hybridized carbons (Fsp3) is 0.750. The average Bonchev–Trinajstić information content (AvgIpc) is 2.36. The molecule has 1 N–H and O–H groups in total. The predicted molar refractivity (Wildman–Crippen MR) is 65.6 cm³/mol. The van der Waals surface area contributed by atoms with E-state index in [2.05, 4.69) is 46.0 Å². The third-order valence-corrected chi connectivity index (χ3v) is 3.91. The van der Waals surface area contributed by atoms with Crippen LogP contribution in [-0.2, 0) is 9.31 Å². The van der Waals surface area contributed by atoms with Crippen LogP contribution in [0.1, 0.15) is 34.6 Å². The van der Waals surface area contributed by atoms with Crippen LogP contribution in [0.5, 0.6) is 0 Å². The van der Waals surface area contributed by atoms with Gasteiger partial charge in [0, 0.05) is 0 Å². The summed E-state index contributed by atoms with van der Waals surface area (Å²) in [6, 6.07) is 0. The molecule has 1 fully saturated rings. The van der Waals surface area contributed by atoms with Gasteiger partial charge in [0.05, 0.1) is 11.2 Å². The van der Waals surface area contributed by atoms with Gasteiger partial charge >= 0.3 is 65.3 Å². The number of hydrogen-bond donors (Lipinski definition) is 1. The van der Waals surface area contributed by atoms with Crippen LogP contribution in [-0.4, -0.2) is 24.9 Å². The Morgan fingerprint density at radius 3 is 2.29 bits per heavy atom. The Hall–Kier alpha value is 1.36. The van der Waals surface area contributed by atoms with Gasteiger partial charge in [-0.1, -0.05) is 12.8 Å². The summed E-state index contributed by atoms with van der Waals surface area (Å²) in [7, 11) is -0.196. The zero-order chi connectivity index (χ0) is 12.0. The summed E-state index contributed by atoms with van der Waals surface area (Å²) >= 11 is 0. The third-order valence-electron chi connectivity index (χ3n) is 3.91. The molecule has 2 heterocycles. The van der Waals surface area contributed by atoms with Gasteiger partial charge in [0.15, 0.2) is 0 Å². The number of rotatable bonds is 1. The fourth-order valence-electron chi connectivity index (χ4n) is 1.97. The maximum atomic E-state index is 6.04. The van der Waals surface area contributed by atoms with E-state index in [1.54, 1.807) is 0 Å². The molecule has 1 saturated heterocycles. The molecule has 17 heavy (non-hydrogen) atoms. The first-order valence-corrected chi connectivity index (χ1v) is 5.96. The SMILES string of the molecule is CC1CN[CH-]C=C1B1OC(C)(C)C(C)(C)O1.[Rb+]. The molecule has 0 radical (unpaired) electrons. The molecule has 5 heteroatoms. The maximum Gasteiger partial charge on any atom is 1.00 e. The first-order chi connectivity index (χ1) is 7.33. The monoisotopic (exact) mass is 307 g/mol. The molecule has 1 atom stereocenters. The smallest absolute Gasteiger partial charge is 0.414 e. The van der Waals surface area contributed by atoms with Crippen LogP contribution in [0.25, 0.3) is 0 Å². The Morgan fingerprint density at radius 2 is 1.82 bits per heavy atom. The molecule has 90 valence electrons. The van der Waals surface area contributed by atoms with Crippen LogP contribution < -0.4 is 63.5 Å². The van der Waals surface area contributed by atoms with Gasteiger partial charge in [-0.25, -0.2) is 6.08 Å². The van der Waals surface area contributed by atoms with Gasteiger partial charge in [-0.15, -0.1) is 0 Å². The quantitative estimate of drug-likeness (QED) is 0.495. The van der Waals surface area contributed by atoms with E-state index in [0.717, 1.165) is 6.54 Å². The van der Waals surface area contributed by atoms with Gasteiger partial charge in [0.2, 0.25) is 0 Å². The van der Waals surface area contributed by atoms with E-state index in [4.69, 9.17) is 9.31 Å². The molecule has 0 aliphatic carbocycles.